The summed E-state index contributed by atoms with van der Waals surface area (Å²) in [6.45, 7) is 9.48. The number of hydrogen-bond acceptors (Lipinski definition) is 2. The van der Waals surface area contributed by atoms with E-state index in [2.05, 4.69) is 45.1 Å². The average Bonchev–Trinajstić information content (AvgIpc) is 2.73. The summed E-state index contributed by atoms with van der Waals surface area (Å²) in [4.78, 5) is 27.7. The van der Waals surface area contributed by atoms with Gasteiger partial charge in [0.25, 0.3) is 5.91 Å². The molecular weight excluding hydrogens is 379 g/mol. The fourth-order valence-corrected chi connectivity index (χ4v) is 4.07. The second kappa shape index (κ2) is 9.41. The highest BCUT2D eigenvalue weighted by molar-refractivity contribution is 5.97. The first-order valence-corrected chi connectivity index (χ1v) is 10.8. The zero-order valence-corrected chi connectivity index (χ0v) is 18.2. The van der Waals surface area contributed by atoms with E-state index in [1.807, 2.05) is 6.07 Å². The molecule has 5 heteroatoms. The van der Waals surface area contributed by atoms with Gasteiger partial charge in [0.15, 0.2) is 0 Å². The van der Waals surface area contributed by atoms with Crippen molar-refractivity contribution in [2.75, 3.05) is 18.4 Å². The van der Waals surface area contributed by atoms with E-state index >= 15 is 0 Å². The zero-order valence-electron chi connectivity index (χ0n) is 18.2. The summed E-state index contributed by atoms with van der Waals surface area (Å²) in [6.07, 6.45) is 1.52. The van der Waals surface area contributed by atoms with Crippen molar-refractivity contribution in [2.45, 2.75) is 52.4 Å². The molecule has 2 aromatic rings. The van der Waals surface area contributed by atoms with Gasteiger partial charge in [0.1, 0.15) is 5.82 Å². The molecule has 3 rings (SSSR count). The topological polar surface area (TPSA) is 49.4 Å². The van der Waals surface area contributed by atoms with Crippen molar-refractivity contribution >= 4 is 17.5 Å². The Bertz CT molecular complexity index is 880. The fraction of sp³-hybridized carbons (Fsp3) is 0.440. The molecule has 1 aliphatic rings. The van der Waals surface area contributed by atoms with Gasteiger partial charge in [-0.05, 0) is 60.1 Å². The Morgan fingerprint density at radius 3 is 2.17 bits per heavy atom. The highest BCUT2D eigenvalue weighted by Gasteiger charge is 2.30. The van der Waals surface area contributed by atoms with Crippen LogP contribution >= 0.6 is 0 Å². The lowest BCUT2D eigenvalue weighted by atomic mass is 9.91. The first-order valence-electron chi connectivity index (χ1n) is 10.8. The number of rotatable bonds is 5. The third-order valence-corrected chi connectivity index (χ3v) is 5.79. The summed E-state index contributed by atoms with van der Waals surface area (Å²) in [6, 6.07) is 11.7. The van der Waals surface area contributed by atoms with Gasteiger partial charge in [-0.1, -0.05) is 45.9 Å². The monoisotopic (exact) mass is 410 g/mol. The van der Waals surface area contributed by atoms with Gasteiger partial charge in [0.05, 0.1) is 5.92 Å². The molecule has 2 aromatic carbocycles. The van der Waals surface area contributed by atoms with Crippen LogP contribution in [0.25, 0.3) is 0 Å². The molecule has 0 spiro atoms. The maximum absolute atomic E-state index is 13.2. The standard InChI is InChI=1S/C25H31FN2O2/c1-16(2)21-8-5-9-22(17(3)4)23(21)27-24(29)19-7-6-14-28(15-19)25(30)18-10-12-20(26)13-11-18/h5,8-13,16-17,19H,6-7,14-15H2,1-4H3,(H,27,29)/t19-/m1/s1. The molecule has 0 unspecified atom stereocenters. The number of hydrogen-bond donors (Lipinski definition) is 1. The molecule has 4 nitrogen and oxygen atoms in total. The van der Waals surface area contributed by atoms with Crippen LogP contribution in [0.3, 0.4) is 0 Å². The van der Waals surface area contributed by atoms with Crippen LogP contribution in [0.15, 0.2) is 42.5 Å². The third-order valence-electron chi connectivity index (χ3n) is 5.79. The first-order chi connectivity index (χ1) is 14.3. The van der Waals surface area contributed by atoms with Gasteiger partial charge >= 0.3 is 0 Å². The number of carbonyl (C=O) groups is 2. The summed E-state index contributed by atoms with van der Waals surface area (Å²) >= 11 is 0. The number of likely N-dealkylation sites (tertiary alicyclic amines) is 1. The number of benzene rings is 2. The lowest BCUT2D eigenvalue weighted by molar-refractivity contribution is -0.121. The van der Waals surface area contributed by atoms with Crippen LogP contribution in [0.4, 0.5) is 10.1 Å². The minimum atomic E-state index is -0.368. The Morgan fingerprint density at radius 2 is 1.60 bits per heavy atom. The van der Waals surface area contributed by atoms with E-state index in [0.717, 1.165) is 29.7 Å². The predicted molar refractivity (Wildman–Crippen MR) is 118 cm³/mol. The maximum Gasteiger partial charge on any atom is 0.253 e. The van der Waals surface area contributed by atoms with Crippen molar-refractivity contribution in [2.24, 2.45) is 5.92 Å². The lowest BCUT2D eigenvalue weighted by Gasteiger charge is -2.32. The molecule has 160 valence electrons. The third kappa shape index (κ3) is 4.89. The molecule has 1 atom stereocenters. The maximum atomic E-state index is 13.2. The summed E-state index contributed by atoms with van der Waals surface area (Å²) in [5.74, 6) is -0.237. The molecule has 1 N–H and O–H groups in total. The van der Waals surface area contributed by atoms with Crippen molar-refractivity contribution in [1.29, 1.82) is 0 Å². The molecule has 0 bridgehead atoms. The van der Waals surface area contributed by atoms with Crippen LogP contribution in [0.1, 0.15) is 73.9 Å². The number of halogens is 1. The van der Waals surface area contributed by atoms with Gasteiger partial charge in [0.2, 0.25) is 5.91 Å². The van der Waals surface area contributed by atoms with E-state index in [-0.39, 0.29) is 23.5 Å². The number of anilines is 1. The number of amides is 2. The van der Waals surface area contributed by atoms with E-state index in [0.29, 0.717) is 30.5 Å². The van der Waals surface area contributed by atoms with Gasteiger partial charge in [-0.2, -0.15) is 0 Å². The van der Waals surface area contributed by atoms with Crippen molar-refractivity contribution in [1.82, 2.24) is 4.90 Å². The summed E-state index contributed by atoms with van der Waals surface area (Å²) < 4.78 is 13.2. The van der Waals surface area contributed by atoms with E-state index in [1.54, 1.807) is 4.90 Å². The highest BCUT2D eigenvalue weighted by Crippen LogP contribution is 2.33. The molecular formula is C25H31FN2O2. The Morgan fingerprint density at radius 1 is 1.00 bits per heavy atom. The molecule has 2 amide bonds. The predicted octanol–water partition coefficient (Wildman–Crippen LogP) is 5.56. The van der Waals surface area contributed by atoms with Crippen LogP contribution < -0.4 is 5.32 Å². The number of nitrogens with zero attached hydrogens (tertiary/aromatic N) is 1. The van der Waals surface area contributed by atoms with Crippen LogP contribution in [0, 0.1) is 11.7 Å². The largest absolute Gasteiger partial charge is 0.338 e. The molecule has 0 radical (unpaired) electrons. The SMILES string of the molecule is CC(C)c1cccc(C(C)C)c1NC(=O)[C@@H]1CCCN(C(=O)c2ccc(F)cc2)C1. The van der Waals surface area contributed by atoms with Crippen LogP contribution in [-0.2, 0) is 4.79 Å². The number of piperidine rings is 1. The average molecular weight is 411 g/mol. The molecule has 1 fully saturated rings. The van der Waals surface area contributed by atoms with Gasteiger partial charge in [0, 0.05) is 24.3 Å². The smallest absolute Gasteiger partial charge is 0.253 e. The second-order valence-electron chi connectivity index (χ2n) is 8.71. The van der Waals surface area contributed by atoms with Gasteiger partial charge in [-0.3, -0.25) is 9.59 Å². The van der Waals surface area contributed by atoms with Crippen LogP contribution in [0.2, 0.25) is 0 Å². The van der Waals surface area contributed by atoms with E-state index in [4.69, 9.17) is 0 Å². The Balaban J connectivity index is 1.76. The van der Waals surface area contributed by atoms with Gasteiger partial charge < -0.3 is 10.2 Å². The molecule has 30 heavy (non-hydrogen) atoms. The van der Waals surface area contributed by atoms with E-state index in [1.165, 1.54) is 24.3 Å². The fourth-order valence-electron chi connectivity index (χ4n) is 4.07. The molecule has 0 aliphatic carbocycles. The molecule has 1 heterocycles. The molecule has 0 saturated carbocycles. The lowest BCUT2D eigenvalue weighted by Crippen LogP contribution is -2.43. The Labute approximate surface area is 178 Å². The number of para-hydroxylation sites is 1. The molecule has 1 aliphatic heterocycles. The Kier molecular flexibility index (Phi) is 6.91. The minimum absolute atomic E-state index is 0.0402. The normalized spacial score (nSPS) is 16.8. The number of carbonyl (C=O) groups excluding carboxylic acids is 2. The van der Waals surface area contributed by atoms with Crippen molar-refractivity contribution in [3.63, 3.8) is 0 Å². The van der Waals surface area contributed by atoms with E-state index in [9.17, 15) is 14.0 Å². The summed E-state index contributed by atoms with van der Waals surface area (Å²) in [5, 5.41) is 3.19. The van der Waals surface area contributed by atoms with Gasteiger partial charge in [-0.15, -0.1) is 0 Å². The van der Waals surface area contributed by atoms with E-state index < -0.39 is 0 Å². The quantitative estimate of drug-likeness (QED) is 0.701. The molecule has 0 aromatic heterocycles. The zero-order chi connectivity index (χ0) is 21.8. The van der Waals surface area contributed by atoms with Crippen molar-refractivity contribution < 1.29 is 14.0 Å². The summed E-state index contributed by atoms with van der Waals surface area (Å²) in [7, 11) is 0. The number of nitrogens with one attached hydrogen (secondary N) is 1. The summed E-state index contributed by atoms with van der Waals surface area (Å²) in [5.41, 5.74) is 3.62. The minimum Gasteiger partial charge on any atom is -0.338 e. The van der Waals surface area contributed by atoms with Crippen molar-refractivity contribution in [3.8, 4) is 0 Å². The van der Waals surface area contributed by atoms with Crippen LogP contribution in [-0.4, -0.2) is 29.8 Å². The highest BCUT2D eigenvalue weighted by atomic mass is 19.1. The second-order valence-corrected chi connectivity index (χ2v) is 8.71. The Hall–Kier alpha value is -2.69. The molecule has 1 saturated heterocycles. The van der Waals surface area contributed by atoms with Gasteiger partial charge in [-0.25, -0.2) is 4.39 Å². The van der Waals surface area contributed by atoms with Crippen molar-refractivity contribution in [3.05, 3.63) is 65.0 Å². The van der Waals surface area contributed by atoms with Crippen LogP contribution in [0.5, 0.6) is 0 Å². The first kappa shape index (κ1) is 22.0.